The first kappa shape index (κ1) is 19.5. The van der Waals surface area contributed by atoms with Crippen molar-refractivity contribution in [2.24, 2.45) is 7.05 Å². The molecule has 1 fully saturated rings. The fourth-order valence-corrected chi connectivity index (χ4v) is 4.81. The maximum Gasteiger partial charge on any atom is 0.275 e. The third kappa shape index (κ3) is 3.32. The van der Waals surface area contributed by atoms with Crippen LogP contribution in [0.2, 0.25) is 0 Å². The molecule has 1 saturated carbocycles. The molecular weight excluding hydrogens is 393 g/mol. The second-order valence-electron chi connectivity index (χ2n) is 8.30. The van der Waals surface area contributed by atoms with E-state index in [1.165, 1.54) is 12.1 Å². The average molecular weight is 417 g/mol. The molecule has 0 bridgehead atoms. The highest BCUT2D eigenvalue weighted by atomic mass is 19.1. The highest BCUT2D eigenvalue weighted by Gasteiger charge is 2.25. The lowest BCUT2D eigenvalue weighted by Crippen LogP contribution is -2.29. The fraction of sp³-hybridized carbons (Fsp3) is 0.280. The molecule has 0 radical (unpaired) electrons. The number of nitrogens with zero attached hydrogens (tertiary/aromatic N) is 2. The van der Waals surface area contributed by atoms with Crippen LogP contribution in [0, 0.1) is 5.82 Å². The van der Waals surface area contributed by atoms with Crippen LogP contribution in [0.15, 0.2) is 59.5 Å². The van der Waals surface area contributed by atoms with Crippen molar-refractivity contribution in [3.05, 3.63) is 82.0 Å². The van der Waals surface area contributed by atoms with Crippen LogP contribution >= 0.6 is 0 Å². The van der Waals surface area contributed by atoms with E-state index in [2.05, 4.69) is 5.32 Å². The molecule has 0 unspecified atom stereocenters. The van der Waals surface area contributed by atoms with E-state index in [0.29, 0.717) is 16.5 Å². The summed E-state index contributed by atoms with van der Waals surface area (Å²) >= 11 is 0. The number of para-hydroxylation sites is 1. The van der Waals surface area contributed by atoms with Crippen molar-refractivity contribution in [2.45, 2.75) is 38.3 Å². The van der Waals surface area contributed by atoms with E-state index in [4.69, 9.17) is 0 Å². The summed E-state index contributed by atoms with van der Waals surface area (Å²) in [5.74, 6) is -0.548. The van der Waals surface area contributed by atoms with Gasteiger partial charge in [0.25, 0.3) is 11.5 Å². The average Bonchev–Trinajstić information content (AvgIpc) is 3.41. The van der Waals surface area contributed by atoms with Gasteiger partial charge in [0.1, 0.15) is 11.3 Å². The van der Waals surface area contributed by atoms with Crippen molar-refractivity contribution in [1.29, 1.82) is 0 Å². The minimum atomic E-state index is -0.309. The van der Waals surface area contributed by atoms with Crippen molar-refractivity contribution in [3.63, 3.8) is 0 Å². The molecule has 1 aliphatic rings. The SMILES string of the molecule is Cn1c2ccccc2c2c(C(=O)NCc3ccc(F)cc3)cn(C3CCCC3)c(=O)c21. The normalized spacial score (nSPS) is 14.5. The second kappa shape index (κ2) is 7.69. The lowest BCUT2D eigenvalue weighted by atomic mass is 10.1. The Bertz CT molecular complexity index is 1350. The first-order valence-electron chi connectivity index (χ1n) is 10.7. The van der Waals surface area contributed by atoms with Gasteiger partial charge in [0.2, 0.25) is 0 Å². The lowest BCUT2D eigenvalue weighted by molar-refractivity contribution is 0.0951. The number of amides is 1. The van der Waals surface area contributed by atoms with Gasteiger partial charge in [0, 0.05) is 42.1 Å². The third-order valence-corrected chi connectivity index (χ3v) is 6.41. The number of carbonyl (C=O) groups is 1. The van der Waals surface area contributed by atoms with Gasteiger partial charge < -0.3 is 14.5 Å². The molecular formula is C25H24FN3O2. The molecule has 6 heteroatoms. The standard InChI is InChI=1S/C25H24FN3O2/c1-28-21-9-5-4-8-19(21)22-20(24(30)27-14-16-10-12-17(26)13-11-16)15-29(25(31)23(22)28)18-6-2-3-7-18/h4-5,8-13,15,18H,2-3,6-7,14H2,1H3,(H,27,30). The summed E-state index contributed by atoms with van der Waals surface area (Å²) in [4.78, 5) is 26.8. The molecule has 0 saturated heterocycles. The number of halogens is 1. The minimum absolute atomic E-state index is 0.0457. The van der Waals surface area contributed by atoms with Crippen LogP contribution in [0.3, 0.4) is 0 Å². The molecule has 2 heterocycles. The van der Waals surface area contributed by atoms with Crippen molar-refractivity contribution < 1.29 is 9.18 Å². The van der Waals surface area contributed by atoms with Gasteiger partial charge in [-0.25, -0.2) is 4.39 Å². The largest absolute Gasteiger partial charge is 0.348 e. The molecule has 5 nitrogen and oxygen atoms in total. The van der Waals surface area contributed by atoms with Gasteiger partial charge in [-0.2, -0.15) is 0 Å². The summed E-state index contributed by atoms with van der Waals surface area (Å²) in [6, 6.07) is 14.0. The Kier molecular flexibility index (Phi) is 4.85. The van der Waals surface area contributed by atoms with E-state index in [-0.39, 0.29) is 29.9 Å². The Morgan fingerprint density at radius 3 is 2.55 bits per heavy atom. The summed E-state index contributed by atoms with van der Waals surface area (Å²) in [6.45, 7) is 0.286. The molecule has 1 N–H and O–H groups in total. The van der Waals surface area contributed by atoms with Crippen LogP contribution in [0.5, 0.6) is 0 Å². The van der Waals surface area contributed by atoms with Gasteiger partial charge in [-0.3, -0.25) is 9.59 Å². The zero-order valence-electron chi connectivity index (χ0n) is 17.4. The predicted octanol–water partition coefficient (Wildman–Crippen LogP) is 4.68. The van der Waals surface area contributed by atoms with Crippen molar-refractivity contribution in [2.75, 3.05) is 0 Å². The smallest absolute Gasteiger partial charge is 0.275 e. The number of benzene rings is 2. The topological polar surface area (TPSA) is 56.0 Å². The van der Waals surface area contributed by atoms with Crippen LogP contribution in [0.1, 0.15) is 47.6 Å². The maximum absolute atomic E-state index is 13.5. The summed E-state index contributed by atoms with van der Waals surface area (Å²) in [6.07, 6.45) is 5.83. The Morgan fingerprint density at radius 1 is 1.10 bits per heavy atom. The Balaban J connectivity index is 1.65. The van der Waals surface area contributed by atoms with Crippen molar-refractivity contribution in [1.82, 2.24) is 14.5 Å². The predicted molar refractivity (Wildman–Crippen MR) is 120 cm³/mol. The monoisotopic (exact) mass is 417 g/mol. The lowest BCUT2D eigenvalue weighted by Gasteiger charge is -2.16. The summed E-state index contributed by atoms with van der Waals surface area (Å²) in [5.41, 5.74) is 2.75. The second-order valence-corrected chi connectivity index (χ2v) is 8.30. The molecule has 158 valence electrons. The minimum Gasteiger partial charge on any atom is -0.348 e. The molecule has 1 amide bonds. The molecule has 31 heavy (non-hydrogen) atoms. The zero-order chi connectivity index (χ0) is 21.5. The Morgan fingerprint density at radius 2 is 1.81 bits per heavy atom. The van der Waals surface area contributed by atoms with E-state index in [9.17, 15) is 14.0 Å². The summed E-state index contributed by atoms with van der Waals surface area (Å²) < 4.78 is 16.8. The maximum atomic E-state index is 13.5. The van der Waals surface area contributed by atoms with Crippen LogP contribution in [-0.4, -0.2) is 15.0 Å². The molecule has 2 aromatic heterocycles. The van der Waals surface area contributed by atoms with Gasteiger partial charge >= 0.3 is 0 Å². The summed E-state index contributed by atoms with van der Waals surface area (Å²) in [7, 11) is 1.88. The van der Waals surface area contributed by atoms with Crippen LogP contribution in [0.4, 0.5) is 4.39 Å². The van der Waals surface area contributed by atoms with Crippen LogP contribution in [0.25, 0.3) is 21.8 Å². The first-order chi connectivity index (χ1) is 15.0. The quantitative estimate of drug-likeness (QED) is 0.524. The number of aryl methyl sites for hydroxylation is 1. The third-order valence-electron chi connectivity index (χ3n) is 6.41. The number of nitrogens with one attached hydrogen (secondary N) is 1. The van der Waals surface area contributed by atoms with E-state index < -0.39 is 0 Å². The zero-order valence-corrected chi connectivity index (χ0v) is 17.4. The van der Waals surface area contributed by atoms with Crippen molar-refractivity contribution in [3.8, 4) is 0 Å². The van der Waals surface area contributed by atoms with E-state index >= 15 is 0 Å². The van der Waals surface area contributed by atoms with Gasteiger partial charge in [0.05, 0.1) is 5.56 Å². The van der Waals surface area contributed by atoms with E-state index in [0.717, 1.165) is 42.1 Å². The van der Waals surface area contributed by atoms with E-state index in [1.54, 1.807) is 22.9 Å². The molecule has 0 spiro atoms. The van der Waals surface area contributed by atoms with Gasteiger partial charge in [-0.15, -0.1) is 0 Å². The first-order valence-corrected chi connectivity index (χ1v) is 10.7. The van der Waals surface area contributed by atoms with Gasteiger partial charge in [-0.05, 0) is 36.6 Å². The molecule has 4 aromatic rings. The molecule has 0 atom stereocenters. The summed E-state index contributed by atoms with van der Waals surface area (Å²) in [5, 5.41) is 4.53. The number of pyridine rings is 1. The number of hydrogen-bond donors (Lipinski definition) is 1. The highest BCUT2D eigenvalue weighted by Crippen LogP contribution is 2.33. The van der Waals surface area contributed by atoms with Crippen molar-refractivity contribution >= 4 is 27.7 Å². The van der Waals surface area contributed by atoms with E-state index in [1.807, 2.05) is 35.9 Å². The van der Waals surface area contributed by atoms with Crippen LogP contribution < -0.4 is 10.9 Å². The Hall–Kier alpha value is -3.41. The molecule has 1 aliphatic carbocycles. The number of carbonyl (C=O) groups excluding carboxylic acids is 1. The number of fused-ring (bicyclic) bond motifs is 3. The molecule has 2 aromatic carbocycles. The number of rotatable bonds is 4. The number of aromatic nitrogens is 2. The van der Waals surface area contributed by atoms with Crippen LogP contribution in [-0.2, 0) is 13.6 Å². The highest BCUT2D eigenvalue weighted by molar-refractivity contribution is 6.17. The van der Waals surface area contributed by atoms with Gasteiger partial charge in [0.15, 0.2) is 0 Å². The fourth-order valence-electron chi connectivity index (χ4n) is 4.81. The number of hydrogen-bond acceptors (Lipinski definition) is 2. The molecule has 5 rings (SSSR count). The Labute approximate surface area is 179 Å². The van der Waals surface area contributed by atoms with Gasteiger partial charge in [-0.1, -0.05) is 43.2 Å². The molecule has 0 aliphatic heterocycles.